The van der Waals surface area contributed by atoms with Gasteiger partial charge in [-0.05, 0) is 23.8 Å². The SMILES string of the molecule is C1=CC2c3cccc(-c4ccccn4)c3OC2C(c2ccccc2)=C1. The zero-order chi connectivity index (χ0) is 16.6. The third kappa shape index (κ3) is 2.30. The molecule has 0 spiro atoms. The smallest absolute Gasteiger partial charge is 0.135 e. The lowest BCUT2D eigenvalue weighted by Gasteiger charge is -2.23. The highest BCUT2D eigenvalue weighted by molar-refractivity contribution is 5.78. The zero-order valence-corrected chi connectivity index (χ0v) is 13.7. The molecular weight excluding hydrogens is 306 g/mol. The summed E-state index contributed by atoms with van der Waals surface area (Å²) in [5.74, 6) is 1.21. The number of nitrogens with zero attached hydrogens (tertiary/aromatic N) is 1. The molecule has 2 aromatic carbocycles. The van der Waals surface area contributed by atoms with E-state index in [9.17, 15) is 0 Å². The Hall–Kier alpha value is -3.13. The summed E-state index contributed by atoms with van der Waals surface area (Å²) < 4.78 is 6.50. The monoisotopic (exact) mass is 323 g/mol. The minimum absolute atomic E-state index is 0.0206. The van der Waals surface area contributed by atoms with E-state index in [0.29, 0.717) is 0 Å². The number of fused-ring (bicyclic) bond motifs is 3. The molecule has 3 aromatic rings. The molecule has 2 unspecified atom stereocenters. The number of ether oxygens (including phenoxy) is 1. The topological polar surface area (TPSA) is 22.1 Å². The summed E-state index contributed by atoms with van der Waals surface area (Å²) in [5, 5.41) is 0. The Morgan fingerprint density at radius 3 is 2.56 bits per heavy atom. The molecule has 2 heterocycles. The van der Waals surface area contributed by atoms with Crippen molar-refractivity contribution in [3.63, 3.8) is 0 Å². The quantitative estimate of drug-likeness (QED) is 0.643. The molecule has 0 saturated heterocycles. The van der Waals surface area contributed by atoms with Crippen LogP contribution >= 0.6 is 0 Å². The van der Waals surface area contributed by atoms with Crippen LogP contribution in [-0.2, 0) is 0 Å². The van der Waals surface area contributed by atoms with Crippen molar-refractivity contribution < 1.29 is 4.74 Å². The molecule has 25 heavy (non-hydrogen) atoms. The number of aromatic nitrogens is 1. The van der Waals surface area contributed by atoms with Gasteiger partial charge >= 0.3 is 0 Å². The van der Waals surface area contributed by atoms with E-state index in [1.165, 1.54) is 16.7 Å². The predicted molar refractivity (Wildman–Crippen MR) is 100 cm³/mol. The van der Waals surface area contributed by atoms with Crippen molar-refractivity contribution in [2.75, 3.05) is 0 Å². The Balaban J connectivity index is 1.61. The fourth-order valence-corrected chi connectivity index (χ4v) is 3.76. The normalized spacial score (nSPS) is 20.4. The maximum atomic E-state index is 6.50. The summed E-state index contributed by atoms with van der Waals surface area (Å²) in [6.07, 6.45) is 8.40. The van der Waals surface area contributed by atoms with Crippen LogP contribution in [0.1, 0.15) is 17.0 Å². The predicted octanol–water partition coefficient (Wildman–Crippen LogP) is 5.25. The Bertz CT molecular complexity index is 973. The molecule has 0 saturated carbocycles. The van der Waals surface area contributed by atoms with Gasteiger partial charge < -0.3 is 4.74 Å². The van der Waals surface area contributed by atoms with Crippen LogP contribution in [0.2, 0.25) is 0 Å². The Labute approximate surface area is 147 Å². The number of hydrogen-bond acceptors (Lipinski definition) is 2. The first kappa shape index (κ1) is 14.2. The van der Waals surface area contributed by atoms with Crippen LogP contribution in [0.3, 0.4) is 0 Å². The van der Waals surface area contributed by atoms with Crippen LogP contribution < -0.4 is 4.74 Å². The zero-order valence-electron chi connectivity index (χ0n) is 13.7. The Morgan fingerprint density at radius 1 is 0.840 bits per heavy atom. The van der Waals surface area contributed by atoms with Crippen molar-refractivity contribution in [2.45, 2.75) is 12.0 Å². The summed E-state index contributed by atoms with van der Waals surface area (Å²) in [5.41, 5.74) is 5.71. The van der Waals surface area contributed by atoms with E-state index in [1.54, 1.807) is 0 Å². The highest BCUT2D eigenvalue weighted by atomic mass is 16.5. The van der Waals surface area contributed by atoms with Crippen LogP contribution in [0.15, 0.2) is 91.2 Å². The minimum atomic E-state index is 0.0206. The van der Waals surface area contributed by atoms with Gasteiger partial charge in [0.15, 0.2) is 0 Å². The fourth-order valence-electron chi connectivity index (χ4n) is 3.76. The molecule has 5 rings (SSSR count). The lowest BCUT2D eigenvalue weighted by Crippen LogP contribution is -2.21. The molecular formula is C23H17NO. The molecule has 0 fully saturated rings. The number of allylic oxidation sites excluding steroid dienone is 2. The average molecular weight is 323 g/mol. The first-order chi connectivity index (χ1) is 12.4. The number of para-hydroxylation sites is 1. The van der Waals surface area contributed by atoms with E-state index < -0.39 is 0 Å². The summed E-state index contributed by atoms with van der Waals surface area (Å²) in [7, 11) is 0. The molecule has 1 aliphatic carbocycles. The number of rotatable bonds is 2. The van der Waals surface area contributed by atoms with E-state index in [-0.39, 0.29) is 12.0 Å². The van der Waals surface area contributed by atoms with E-state index >= 15 is 0 Å². The number of benzene rings is 2. The van der Waals surface area contributed by atoms with Crippen molar-refractivity contribution in [1.29, 1.82) is 0 Å². The van der Waals surface area contributed by atoms with E-state index in [2.05, 4.69) is 65.7 Å². The highest BCUT2D eigenvalue weighted by Crippen LogP contribution is 2.49. The molecule has 120 valence electrons. The largest absolute Gasteiger partial charge is 0.484 e. The maximum Gasteiger partial charge on any atom is 0.135 e. The van der Waals surface area contributed by atoms with Crippen LogP contribution in [0, 0.1) is 0 Å². The number of hydrogen-bond donors (Lipinski definition) is 0. The van der Waals surface area contributed by atoms with Gasteiger partial charge in [0, 0.05) is 28.8 Å². The molecule has 1 aromatic heterocycles. The van der Waals surface area contributed by atoms with E-state index in [1.807, 2.05) is 30.5 Å². The van der Waals surface area contributed by atoms with Gasteiger partial charge in [0.25, 0.3) is 0 Å². The van der Waals surface area contributed by atoms with Crippen molar-refractivity contribution in [1.82, 2.24) is 4.98 Å². The summed E-state index contributed by atoms with van der Waals surface area (Å²) in [6, 6.07) is 22.8. The van der Waals surface area contributed by atoms with Crippen molar-refractivity contribution in [3.05, 3.63) is 102 Å². The molecule has 1 aliphatic heterocycles. The summed E-state index contributed by atoms with van der Waals surface area (Å²) >= 11 is 0. The van der Waals surface area contributed by atoms with Gasteiger partial charge in [0.05, 0.1) is 5.69 Å². The first-order valence-corrected chi connectivity index (χ1v) is 8.56. The van der Waals surface area contributed by atoms with Crippen LogP contribution in [0.25, 0.3) is 16.8 Å². The second-order valence-electron chi connectivity index (χ2n) is 6.38. The highest BCUT2D eigenvalue weighted by Gasteiger charge is 2.38. The molecule has 0 N–H and O–H groups in total. The molecule has 2 heteroatoms. The molecule has 0 bridgehead atoms. The summed E-state index contributed by atoms with van der Waals surface area (Å²) in [6.45, 7) is 0. The molecule has 2 nitrogen and oxygen atoms in total. The molecule has 0 radical (unpaired) electrons. The second kappa shape index (κ2) is 5.75. The minimum Gasteiger partial charge on any atom is -0.484 e. The van der Waals surface area contributed by atoms with Crippen LogP contribution in [0.4, 0.5) is 0 Å². The second-order valence-corrected chi connectivity index (χ2v) is 6.38. The standard InChI is InChI=1S/C23H17NO/c1-2-8-16(9-3-1)17-10-6-11-18-19-12-7-13-20(23(19)25-22(17)18)21-14-4-5-15-24-21/h1-15,18,22H. The molecule has 2 aliphatic rings. The van der Waals surface area contributed by atoms with Crippen LogP contribution in [0.5, 0.6) is 5.75 Å². The first-order valence-electron chi connectivity index (χ1n) is 8.56. The molecule has 2 atom stereocenters. The van der Waals surface area contributed by atoms with Crippen molar-refractivity contribution in [3.8, 4) is 17.0 Å². The van der Waals surface area contributed by atoms with E-state index in [0.717, 1.165) is 17.0 Å². The van der Waals surface area contributed by atoms with Gasteiger partial charge in [0.2, 0.25) is 0 Å². The lowest BCUT2D eigenvalue weighted by molar-refractivity contribution is 0.279. The average Bonchev–Trinajstić information content (AvgIpc) is 3.08. The summed E-state index contributed by atoms with van der Waals surface area (Å²) in [4.78, 5) is 4.51. The van der Waals surface area contributed by atoms with Crippen molar-refractivity contribution in [2.24, 2.45) is 0 Å². The van der Waals surface area contributed by atoms with Crippen molar-refractivity contribution >= 4 is 5.57 Å². The van der Waals surface area contributed by atoms with Gasteiger partial charge in [-0.2, -0.15) is 0 Å². The van der Waals surface area contributed by atoms with Gasteiger partial charge in [-0.1, -0.05) is 66.8 Å². The number of pyridine rings is 1. The third-order valence-electron chi connectivity index (χ3n) is 4.92. The Kier molecular flexibility index (Phi) is 3.27. The Morgan fingerprint density at radius 2 is 1.72 bits per heavy atom. The maximum absolute atomic E-state index is 6.50. The van der Waals surface area contributed by atoms with Gasteiger partial charge in [0.1, 0.15) is 11.9 Å². The molecule has 0 amide bonds. The lowest BCUT2D eigenvalue weighted by atomic mass is 9.84. The fraction of sp³-hybridized carbons (Fsp3) is 0.0870. The van der Waals surface area contributed by atoms with Gasteiger partial charge in [-0.15, -0.1) is 0 Å². The van der Waals surface area contributed by atoms with Gasteiger partial charge in [-0.3, -0.25) is 4.98 Å². The van der Waals surface area contributed by atoms with Gasteiger partial charge in [-0.25, -0.2) is 0 Å². The van der Waals surface area contributed by atoms with Crippen LogP contribution in [-0.4, -0.2) is 11.1 Å². The third-order valence-corrected chi connectivity index (χ3v) is 4.92. The van der Waals surface area contributed by atoms with E-state index in [4.69, 9.17) is 4.74 Å².